The number of isothiocyanates is 1. The molecule has 0 saturated carbocycles. The number of aromatic nitrogens is 2. The van der Waals surface area contributed by atoms with Crippen LogP contribution in [0.3, 0.4) is 0 Å². The van der Waals surface area contributed by atoms with Crippen LogP contribution in [0.1, 0.15) is 132 Å². The summed E-state index contributed by atoms with van der Waals surface area (Å²) in [5, 5.41) is 50.3. The average Bonchev–Trinajstić information content (AvgIpc) is 4.17. The number of aliphatic carboxylic acids is 1. The number of hydrogen-bond donors (Lipinski definition) is 3. The number of pyridine rings is 1. The largest absolute Gasteiger partial charge is 4.00 e. The molecule has 418 valence electrons. The quantitative estimate of drug-likeness (QED) is 0.0419. The minimum absolute atomic E-state index is 0. The zero-order valence-corrected chi connectivity index (χ0v) is 48.8. The molecule has 4 N–H and O–H groups in total. The normalized spacial score (nSPS) is 16.4. The maximum atomic E-state index is 12.5. The van der Waals surface area contributed by atoms with Crippen molar-refractivity contribution in [2.24, 2.45) is 0 Å². The second-order valence-electron chi connectivity index (χ2n) is 21.2. The summed E-state index contributed by atoms with van der Waals surface area (Å²) >= 11 is 5.47. The number of allylic oxidation sites excluding steroid dienone is 6. The number of aromatic carboxylic acids is 1. The van der Waals surface area contributed by atoms with Crippen molar-refractivity contribution in [1.29, 1.82) is 5.41 Å². The van der Waals surface area contributed by atoms with Crippen LogP contribution in [0.5, 0.6) is 0 Å². The molecule has 7 heterocycles. The van der Waals surface area contributed by atoms with Gasteiger partial charge in [0.25, 0.3) is 0 Å². The van der Waals surface area contributed by atoms with E-state index in [0.717, 1.165) is 58.0 Å². The average molecular weight is 1210 g/mol. The van der Waals surface area contributed by atoms with Crippen molar-refractivity contribution >= 4 is 79.9 Å². The van der Waals surface area contributed by atoms with Gasteiger partial charge in [0.05, 0.1) is 22.2 Å². The van der Waals surface area contributed by atoms with E-state index in [1.165, 1.54) is 70.3 Å². The van der Waals surface area contributed by atoms with Gasteiger partial charge in [0, 0.05) is 44.5 Å². The Morgan fingerprint density at radius 3 is 2.16 bits per heavy atom. The SMILES string of the molecule is CC(C)(C)c1ccc2c(c1)c1cc(C(C)(C)C)ccc1n2-c1ccc(C2=CC(c3cc(C(=O)O)cc(C4=CC(C(=O)O)=CC[N-]4)n3)[N-]C=C2)o1.CCCCCCC1=C(C2=CC[N-]C(/C([NH-])=C/C(=N)C(F)(F)F)=C2)SCC1.[N-]=C=S.[Ru+4]. The van der Waals surface area contributed by atoms with Crippen molar-refractivity contribution in [2.45, 2.75) is 110 Å². The fourth-order valence-corrected chi connectivity index (χ4v) is 10.5. The van der Waals surface area contributed by atoms with E-state index in [4.69, 9.17) is 26.0 Å². The van der Waals surface area contributed by atoms with Crippen LogP contribution >= 0.6 is 24.0 Å². The van der Waals surface area contributed by atoms with Crippen LogP contribution in [0.2, 0.25) is 0 Å². The molecule has 9 rings (SSSR count). The molecule has 0 amide bonds. The number of halogens is 3. The second kappa shape index (κ2) is 26.5. The van der Waals surface area contributed by atoms with Crippen molar-refractivity contribution in [3.05, 3.63) is 203 Å². The van der Waals surface area contributed by atoms with Gasteiger partial charge in [-0.1, -0.05) is 140 Å². The molecule has 2 aromatic carbocycles. The van der Waals surface area contributed by atoms with Gasteiger partial charge < -0.3 is 41.7 Å². The molecule has 4 aliphatic rings. The standard InChI is InChI=1S/C41H38N4O5.C19H24F3N3S.CNS.Ru/c1-40(2,3)26-7-9-34-28(21-26)29-22-27(41(4,5)6)8-10-35(29)45(34)37-12-11-36(50-37)23-13-15-42-30(17-23)32-19-25(39(48)49)20-33(44-32)31-18-24(38(46)47)14-16-43-31;1-2-3-4-5-6-13-8-10-26-18(13)14-7-9-25-16(11-14)15(23)12-17(24)19(20,21)22;2-1-3;/h7-15,17-22,30H,16H2,1-6H3,(H,46,47)(H,48,49);7,11-12,23-24H,2-6,8-10H2,1H3;;/q2*-2;-1;+4/b;15-12-,24-17?;;. The number of carboxylic acids is 2. The summed E-state index contributed by atoms with van der Waals surface area (Å²) in [5.74, 6) is 0.0942. The van der Waals surface area contributed by atoms with E-state index in [1.54, 1.807) is 24.0 Å². The second-order valence-corrected chi connectivity index (χ2v) is 22.5. The molecule has 0 radical (unpaired) electrons. The maximum absolute atomic E-state index is 12.5. The zero-order valence-electron chi connectivity index (χ0n) is 45.4. The van der Waals surface area contributed by atoms with Crippen molar-refractivity contribution < 1.29 is 56.9 Å². The Balaban J connectivity index is 0.000000291. The maximum Gasteiger partial charge on any atom is 4.00 e. The Bertz CT molecular complexity index is 3410. The Labute approximate surface area is 487 Å². The van der Waals surface area contributed by atoms with E-state index in [0.29, 0.717) is 35.7 Å². The number of rotatable bonds is 14. The summed E-state index contributed by atoms with van der Waals surface area (Å²) in [7, 11) is 0. The Morgan fingerprint density at radius 2 is 1.56 bits per heavy atom. The van der Waals surface area contributed by atoms with Gasteiger partial charge in [0.15, 0.2) is 0 Å². The molecule has 0 aliphatic carbocycles. The minimum atomic E-state index is -4.74. The zero-order chi connectivity index (χ0) is 57.4. The number of carboxylic acid groups (broad SMARTS) is 2. The predicted molar refractivity (Wildman–Crippen MR) is 316 cm³/mol. The Morgan fingerprint density at radius 1 is 0.912 bits per heavy atom. The third-order valence-electron chi connectivity index (χ3n) is 13.5. The fraction of sp³-hybridized carbons (Fsp3) is 0.328. The molecule has 0 spiro atoms. The number of nitrogens with zero attached hydrogens (tertiary/aromatic N) is 6. The summed E-state index contributed by atoms with van der Waals surface area (Å²) in [6.07, 6.45) is 14.6. The van der Waals surface area contributed by atoms with Crippen molar-refractivity contribution in [1.82, 2.24) is 9.55 Å². The van der Waals surface area contributed by atoms with Crippen molar-refractivity contribution in [2.75, 3.05) is 18.8 Å². The summed E-state index contributed by atoms with van der Waals surface area (Å²) < 4.78 is 46.2. The van der Waals surface area contributed by atoms with E-state index < -0.39 is 29.9 Å². The van der Waals surface area contributed by atoms with Crippen molar-refractivity contribution in [3.63, 3.8) is 0 Å². The Kier molecular flexibility index (Phi) is 20.6. The molecule has 0 saturated heterocycles. The summed E-state index contributed by atoms with van der Waals surface area (Å²) in [5.41, 5.74) is 14.9. The van der Waals surface area contributed by atoms with Crippen LogP contribution in [0.15, 0.2) is 147 Å². The number of thiocarbonyl (C=S) groups is 1. The monoisotopic (exact) mass is 1210 g/mol. The predicted octanol–water partition coefficient (Wildman–Crippen LogP) is 17.5. The summed E-state index contributed by atoms with van der Waals surface area (Å²) in [6.45, 7) is 16.0. The third kappa shape index (κ3) is 15.0. The topological polar surface area (TPSA) is 218 Å². The van der Waals surface area contributed by atoms with E-state index in [1.807, 2.05) is 30.4 Å². The van der Waals surface area contributed by atoms with Crippen LogP contribution in [0.4, 0.5) is 13.2 Å². The number of thioether (sulfide) groups is 1. The first-order valence-corrected chi connectivity index (χ1v) is 27.2. The van der Waals surface area contributed by atoms with Crippen LogP contribution in [0.25, 0.3) is 66.1 Å². The summed E-state index contributed by atoms with van der Waals surface area (Å²) in [6, 6.07) is 19.5. The first-order chi connectivity index (χ1) is 37.4. The fourth-order valence-electron chi connectivity index (χ4n) is 9.26. The first kappa shape index (κ1) is 62.2. The van der Waals surface area contributed by atoms with Crippen LogP contribution in [-0.2, 0) is 35.1 Å². The number of nitrogens with one attached hydrogen (secondary N) is 2. The van der Waals surface area contributed by atoms with Gasteiger partial charge in [-0.05, 0) is 95.3 Å². The van der Waals surface area contributed by atoms with Gasteiger partial charge >= 0.3 is 37.6 Å². The molecule has 3 aromatic heterocycles. The van der Waals surface area contributed by atoms with E-state index >= 15 is 0 Å². The van der Waals surface area contributed by atoms with E-state index in [9.17, 15) is 33.0 Å². The minimum Gasteiger partial charge on any atom is -0.753 e. The molecule has 1 atom stereocenters. The smallest absolute Gasteiger partial charge is 0.753 e. The molecule has 5 aromatic rings. The number of benzene rings is 2. The van der Waals surface area contributed by atoms with Crippen molar-refractivity contribution in [3.8, 4) is 5.88 Å². The number of alkyl halides is 3. The molecule has 80 heavy (non-hydrogen) atoms. The summed E-state index contributed by atoms with van der Waals surface area (Å²) in [4.78, 5) is 29.6. The van der Waals surface area contributed by atoms with Gasteiger partial charge in [0.1, 0.15) is 11.5 Å². The third-order valence-corrected chi connectivity index (χ3v) is 14.7. The molecule has 0 bridgehead atoms. The van der Waals surface area contributed by atoms with Gasteiger partial charge in [0.2, 0.25) is 5.88 Å². The molecule has 1 unspecified atom stereocenters. The number of fused-ring (bicyclic) bond motifs is 3. The molecule has 13 nitrogen and oxygen atoms in total. The van der Waals surface area contributed by atoms with Gasteiger partial charge in [-0.25, -0.2) is 9.59 Å². The number of carbonyl (C=O) groups is 2. The molecule has 0 fully saturated rings. The molecular weight excluding hydrogens is 1150 g/mol. The molecule has 4 aliphatic heterocycles. The molecule has 19 heteroatoms. The van der Waals surface area contributed by atoms with Crippen LogP contribution in [-0.4, -0.2) is 67.6 Å². The molecular formula is C61H62F3N8O5RuS2-. The van der Waals surface area contributed by atoms with Crippen LogP contribution in [0, 0.1) is 5.41 Å². The number of hydrogen-bond acceptors (Lipinski definition) is 7. The first-order valence-electron chi connectivity index (χ1n) is 25.8. The van der Waals surface area contributed by atoms with Crippen LogP contribution < -0.4 is 0 Å². The van der Waals surface area contributed by atoms with Gasteiger partial charge in [-0.2, -0.15) is 35.9 Å². The van der Waals surface area contributed by atoms with E-state index in [-0.39, 0.29) is 65.1 Å². The van der Waals surface area contributed by atoms with Gasteiger partial charge in [-0.15, -0.1) is 30.5 Å². The number of furan rings is 1. The number of unbranched alkanes of at least 4 members (excludes halogenated alkanes) is 3. The van der Waals surface area contributed by atoms with E-state index in [2.05, 4.69) is 118 Å². The Hall–Kier alpha value is -7.04. The van der Waals surface area contributed by atoms with Gasteiger partial charge in [-0.3, -0.25) is 15.0 Å².